The molecule has 0 aliphatic rings. The number of hydrogen-bond donors (Lipinski definition) is 0. The zero-order valence-corrected chi connectivity index (χ0v) is 24.7. The molecule has 190 valence electrons. The molecule has 0 unspecified atom stereocenters. The van der Waals surface area contributed by atoms with Crippen LogP contribution in [0.25, 0.3) is 0 Å². The molecule has 0 aromatic heterocycles. The molecule has 0 aliphatic carbocycles. The summed E-state index contributed by atoms with van der Waals surface area (Å²) in [7, 11) is -1.68. The van der Waals surface area contributed by atoms with E-state index in [1.54, 1.807) is 0 Å². The minimum Gasteiger partial charge on any atom is -0.353 e. The minimum absolute atomic E-state index is 0. The van der Waals surface area contributed by atoms with Crippen LogP contribution in [0.5, 0.6) is 0 Å². The topological polar surface area (TPSA) is 18.5 Å². The molecule has 0 saturated heterocycles. The highest BCUT2D eigenvalue weighted by Crippen LogP contribution is 2.55. The van der Waals surface area contributed by atoms with Gasteiger partial charge in [0.05, 0.1) is 6.16 Å². The maximum absolute atomic E-state index is 5.67. The van der Waals surface area contributed by atoms with E-state index in [0.717, 1.165) is 19.6 Å². The largest absolute Gasteiger partial charge is 0.353 e. The number of rotatable bonds is 16. The van der Waals surface area contributed by atoms with E-state index in [9.17, 15) is 0 Å². The summed E-state index contributed by atoms with van der Waals surface area (Å²) in [5.41, 5.74) is 0. The van der Waals surface area contributed by atoms with E-state index in [4.69, 9.17) is 9.47 Å². The lowest BCUT2D eigenvalue weighted by molar-refractivity contribution is -0.140. The van der Waals surface area contributed by atoms with E-state index in [2.05, 4.69) is 91.0 Å². The Morgan fingerprint density at radius 3 is 1.31 bits per heavy atom. The molecular formula is C31H43IO2P+. The van der Waals surface area contributed by atoms with Crippen LogP contribution in [-0.2, 0) is 9.47 Å². The lowest BCUT2D eigenvalue weighted by Gasteiger charge is -2.27. The Morgan fingerprint density at radius 2 is 0.914 bits per heavy atom. The van der Waals surface area contributed by atoms with Gasteiger partial charge in [0.25, 0.3) is 0 Å². The van der Waals surface area contributed by atoms with Crippen LogP contribution in [0.1, 0.15) is 58.8 Å². The lowest BCUT2D eigenvalue weighted by Crippen LogP contribution is -2.33. The average molecular weight is 606 g/mol. The predicted octanol–water partition coefficient (Wildman–Crippen LogP) is 7.73. The first-order chi connectivity index (χ1) is 16.8. The third-order valence-corrected chi connectivity index (χ3v) is 11.0. The lowest BCUT2D eigenvalue weighted by atomic mass is 10.1. The molecule has 0 fully saturated rings. The van der Waals surface area contributed by atoms with Crippen molar-refractivity contribution in [2.24, 2.45) is 0 Å². The normalized spacial score (nSPS) is 11.4. The number of unbranched alkanes of at least 4 members (excludes halogenated alkanes) is 5. The van der Waals surface area contributed by atoms with Crippen molar-refractivity contribution in [2.75, 3.05) is 19.4 Å². The maximum Gasteiger partial charge on any atom is 0.157 e. The van der Waals surface area contributed by atoms with Gasteiger partial charge in [-0.05, 0) is 75.9 Å². The van der Waals surface area contributed by atoms with Crippen molar-refractivity contribution < 1.29 is 9.47 Å². The Hall–Kier alpha value is -1.26. The average Bonchev–Trinajstić information content (AvgIpc) is 2.90. The Morgan fingerprint density at radius 1 is 0.543 bits per heavy atom. The minimum atomic E-state index is -1.68. The van der Waals surface area contributed by atoms with Gasteiger partial charge < -0.3 is 9.47 Å². The molecule has 3 aromatic carbocycles. The highest BCUT2D eigenvalue weighted by atomic mass is 127. The SMILES string of the molecule is CCOC(CCCCCCCC[P+](c1ccccc1)(c1ccccc1)c1ccccc1)OCC.I. The molecule has 4 heteroatoms. The van der Waals surface area contributed by atoms with Gasteiger partial charge in [-0.1, -0.05) is 73.9 Å². The summed E-state index contributed by atoms with van der Waals surface area (Å²) in [5, 5.41) is 4.47. The van der Waals surface area contributed by atoms with Crippen LogP contribution < -0.4 is 15.9 Å². The summed E-state index contributed by atoms with van der Waals surface area (Å²) in [6, 6.07) is 33.7. The quantitative estimate of drug-likeness (QED) is 0.0721. The summed E-state index contributed by atoms with van der Waals surface area (Å²) >= 11 is 0. The zero-order valence-electron chi connectivity index (χ0n) is 21.5. The molecule has 0 spiro atoms. The van der Waals surface area contributed by atoms with Crippen LogP contribution in [0.15, 0.2) is 91.0 Å². The number of benzene rings is 3. The highest BCUT2D eigenvalue weighted by molar-refractivity contribution is 14.0. The second-order valence-corrected chi connectivity index (χ2v) is 12.4. The molecule has 0 amide bonds. The van der Waals surface area contributed by atoms with Crippen LogP contribution in [0, 0.1) is 0 Å². The summed E-state index contributed by atoms with van der Waals surface area (Å²) in [4.78, 5) is 0. The second-order valence-electron chi connectivity index (χ2n) is 8.79. The van der Waals surface area contributed by atoms with Crippen molar-refractivity contribution in [1.29, 1.82) is 0 Å². The molecular weight excluding hydrogens is 562 g/mol. The molecule has 2 nitrogen and oxygen atoms in total. The van der Waals surface area contributed by atoms with E-state index < -0.39 is 7.26 Å². The van der Waals surface area contributed by atoms with Gasteiger partial charge in [-0.25, -0.2) is 0 Å². The van der Waals surface area contributed by atoms with Crippen molar-refractivity contribution in [3.05, 3.63) is 91.0 Å². The summed E-state index contributed by atoms with van der Waals surface area (Å²) in [5.74, 6) is 0. The van der Waals surface area contributed by atoms with Gasteiger partial charge in [-0.3, -0.25) is 0 Å². The van der Waals surface area contributed by atoms with E-state index >= 15 is 0 Å². The Bertz CT molecular complexity index is 802. The Kier molecular flexibility index (Phi) is 14.8. The summed E-state index contributed by atoms with van der Waals surface area (Å²) in [6.07, 6.45) is 9.77. The van der Waals surface area contributed by atoms with E-state index in [1.165, 1.54) is 60.6 Å². The van der Waals surface area contributed by atoms with E-state index in [-0.39, 0.29) is 30.3 Å². The fourth-order valence-electron chi connectivity index (χ4n) is 4.84. The zero-order chi connectivity index (χ0) is 23.9. The number of halogens is 1. The summed E-state index contributed by atoms with van der Waals surface area (Å²) < 4.78 is 11.3. The van der Waals surface area contributed by atoms with Crippen LogP contribution in [0.2, 0.25) is 0 Å². The van der Waals surface area contributed by atoms with Gasteiger partial charge in [-0.2, -0.15) is 0 Å². The molecule has 0 saturated carbocycles. The van der Waals surface area contributed by atoms with Crippen LogP contribution >= 0.6 is 31.2 Å². The molecule has 0 radical (unpaired) electrons. The monoisotopic (exact) mass is 605 g/mol. The van der Waals surface area contributed by atoms with E-state index in [0.29, 0.717) is 0 Å². The van der Waals surface area contributed by atoms with Crippen molar-refractivity contribution in [3.63, 3.8) is 0 Å². The first kappa shape index (κ1) is 30.0. The first-order valence-electron chi connectivity index (χ1n) is 13.1. The molecule has 0 bridgehead atoms. The van der Waals surface area contributed by atoms with Crippen molar-refractivity contribution in [1.82, 2.24) is 0 Å². The van der Waals surface area contributed by atoms with Gasteiger partial charge >= 0.3 is 0 Å². The van der Waals surface area contributed by atoms with Crippen LogP contribution in [-0.4, -0.2) is 25.7 Å². The molecule has 0 atom stereocenters. The number of ether oxygens (including phenoxy) is 2. The third kappa shape index (κ3) is 8.97. The van der Waals surface area contributed by atoms with Gasteiger partial charge in [0.15, 0.2) is 6.29 Å². The second kappa shape index (κ2) is 17.2. The van der Waals surface area contributed by atoms with Crippen molar-refractivity contribution in [3.8, 4) is 0 Å². The van der Waals surface area contributed by atoms with Gasteiger partial charge in [0.2, 0.25) is 0 Å². The van der Waals surface area contributed by atoms with Crippen molar-refractivity contribution in [2.45, 2.75) is 65.1 Å². The van der Waals surface area contributed by atoms with Gasteiger partial charge in [0, 0.05) is 13.2 Å². The predicted molar refractivity (Wildman–Crippen MR) is 165 cm³/mol. The molecule has 0 aliphatic heterocycles. The molecule has 35 heavy (non-hydrogen) atoms. The Balaban J connectivity index is 0.00000432. The molecule has 0 heterocycles. The first-order valence-corrected chi connectivity index (χ1v) is 15.1. The number of hydrogen-bond acceptors (Lipinski definition) is 2. The fraction of sp³-hybridized carbons (Fsp3) is 0.419. The van der Waals surface area contributed by atoms with Gasteiger partial charge in [-0.15, -0.1) is 24.0 Å². The molecule has 3 aromatic rings. The summed E-state index contributed by atoms with van der Waals surface area (Å²) in [6.45, 7) is 5.52. The van der Waals surface area contributed by atoms with Gasteiger partial charge in [0.1, 0.15) is 23.2 Å². The molecule has 3 rings (SSSR count). The highest BCUT2D eigenvalue weighted by Gasteiger charge is 2.44. The van der Waals surface area contributed by atoms with Crippen LogP contribution in [0.3, 0.4) is 0 Å². The Labute approximate surface area is 231 Å². The van der Waals surface area contributed by atoms with E-state index in [1.807, 2.05) is 13.8 Å². The third-order valence-electron chi connectivity index (χ3n) is 6.48. The molecule has 0 N–H and O–H groups in total. The standard InChI is InChI=1S/C31H42O2P.HI/c1-3-32-31(33-4-2)26-18-7-5-6-8-19-27-34(28-20-12-9-13-21-28,29-22-14-10-15-23-29)30-24-16-11-17-25-30;/h9-17,20-25,31H,3-8,18-19,26-27H2,1-2H3;1H/q+1;. The fourth-order valence-corrected chi connectivity index (χ4v) is 9.25. The van der Waals surface area contributed by atoms with Crippen LogP contribution in [0.4, 0.5) is 0 Å². The van der Waals surface area contributed by atoms with Crippen molar-refractivity contribution >= 4 is 47.2 Å². The maximum atomic E-state index is 5.67. The smallest absolute Gasteiger partial charge is 0.157 e.